The Balaban J connectivity index is 1.79. The van der Waals surface area contributed by atoms with Gasteiger partial charge in [0, 0.05) is 31.9 Å². The van der Waals surface area contributed by atoms with Crippen LogP contribution in [0.3, 0.4) is 0 Å². The number of anilines is 1. The molecule has 0 radical (unpaired) electrons. The van der Waals surface area contributed by atoms with Gasteiger partial charge in [0.25, 0.3) is 5.91 Å². The molecule has 1 aromatic carbocycles. The lowest BCUT2D eigenvalue weighted by atomic mass is 10.3. The maximum atomic E-state index is 12.0. The number of nitrogens with zero attached hydrogens (tertiary/aromatic N) is 2. The highest BCUT2D eigenvalue weighted by atomic mass is 16.5. The molecular weight excluding hydrogens is 270 g/mol. The summed E-state index contributed by atoms with van der Waals surface area (Å²) in [5.74, 6) is 0.509. The van der Waals surface area contributed by atoms with Crippen molar-refractivity contribution in [1.29, 1.82) is 5.41 Å². The van der Waals surface area contributed by atoms with E-state index < -0.39 is 0 Å². The summed E-state index contributed by atoms with van der Waals surface area (Å²) >= 11 is 0. The molecule has 114 valence electrons. The normalized spacial score (nSPS) is 15.6. The second-order valence-electron chi connectivity index (χ2n) is 5.04. The van der Waals surface area contributed by atoms with Crippen molar-refractivity contribution in [3.63, 3.8) is 0 Å². The Morgan fingerprint density at radius 3 is 2.48 bits per heavy atom. The topological polar surface area (TPSA) is 94.7 Å². The molecule has 0 saturated carbocycles. The Bertz CT molecular complexity index is 495. The summed E-state index contributed by atoms with van der Waals surface area (Å²) in [6.45, 7) is 3.35. The first-order valence-corrected chi connectivity index (χ1v) is 6.85. The Morgan fingerprint density at radius 2 is 1.90 bits per heavy atom. The van der Waals surface area contributed by atoms with Crippen LogP contribution in [-0.2, 0) is 4.79 Å². The standard InChI is InChI=1S/C14H21N5O2/c1-18-6-8-19(9-7-18)13(20)10-21-12-4-2-11(3-5-12)17-14(15)16/h2-5H,6-10H2,1H3,(H4,15,16,17). The molecule has 1 fully saturated rings. The second-order valence-corrected chi connectivity index (χ2v) is 5.04. The monoisotopic (exact) mass is 291 g/mol. The highest BCUT2D eigenvalue weighted by molar-refractivity contribution is 5.89. The van der Waals surface area contributed by atoms with E-state index in [-0.39, 0.29) is 18.5 Å². The van der Waals surface area contributed by atoms with Gasteiger partial charge in [0.2, 0.25) is 0 Å². The number of guanidine groups is 1. The van der Waals surface area contributed by atoms with E-state index in [1.54, 1.807) is 24.3 Å². The van der Waals surface area contributed by atoms with Gasteiger partial charge in [-0.2, -0.15) is 0 Å². The van der Waals surface area contributed by atoms with Gasteiger partial charge in [0.1, 0.15) is 5.75 Å². The number of hydrogen-bond donors (Lipinski definition) is 3. The summed E-state index contributed by atoms with van der Waals surface area (Å²) in [5.41, 5.74) is 5.95. The lowest BCUT2D eigenvalue weighted by molar-refractivity contribution is -0.134. The largest absolute Gasteiger partial charge is 0.484 e. The molecule has 0 bridgehead atoms. The van der Waals surface area contributed by atoms with E-state index >= 15 is 0 Å². The summed E-state index contributed by atoms with van der Waals surface area (Å²) in [5, 5.41) is 9.81. The maximum absolute atomic E-state index is 12.0. The van der Waals surface area contributed by atoms with E-state index in [4.69, 9.17) is 15.9 Å². The number of carbonyl (C=O) groups excluding carboxylic acids is 1. The molecule has 1 aromatic rings. The Morgan fingerprint density at radius 1 is 1.29 bits per heavy atom. The molecule has 0 aromatic heterocycles. The number of nitrogens with two attached hydrogens (primary N) is 1. The number of nitrogens with one attached hydrogen (secondary N) is 2. The van der Waals surface area contributed by atoms with Gasteiger partial charge in [-0.1, -0.05) is 0 Å². The quantitative estimate of drug-likeness (QED) is 0.542. The zero-order valence-corrected chi connectivity index (χ0v) is 12.1. The first-order valence-electron chi connectivity index (χ1n) is 6.85. The van der Waals surface area contributed by atoms with Crippen molar-refractivity contribution in [1.82, 2.24) is 9.80 Å². The molecule has 1 amide bonds. The number of carbonyl (C=O) groups is 1. The summed E-state index contributed by atoms with van der Waals surface area (Å²) < 4.78 is 5.49. The van der Waals surface area contributed by atoms with Crippen LogP contribution in [0.4, 0.5) is 5.69 Å². The van der Waals surface area contributed by atoms with Gasteiger partial charge in [-0.15, -0.1) is 0 Å². The van der Waals surface area contributed by atoms with Gasteiger partial charge in [-0.05, 0) is 31.3 Å². The molecule has 0 aliphatic carbocycles. The SMILES string of the molecule is CN1CCN(C(=O)COc2ccc(NC(=N)N)cc2)CC1. The van der Waals surface area contributed by atoms with Crippen molar-refractivity contribution in [3.05, 3.63) is 24.3 Å². The third-order valence-electron chi connectivity index (χ3n) is 3.35. The van der Waals surface area contributed by atoms with Crippen LogP contribution in [-0.4, -0.2) is 61.5 Å². The van der Waals surface area contributed by atoms with Crippen molar-refractivity contribution < 1.29 is 9.53 Å². The zero-order valence-electron chi connectivity index (χ0n) is 12.1. The third kappa shape index (κ3) is 4.64. The van der Waals surface area contributed by atoms with Crippen LogP contribution < -0.4 is 15.8 Å². The summed E-state index contributed by atoms with van der Waals surface area (Å²) in [6.07, 6.45) is 0. The minimum atomic E-state index is -0.117. The molecule has 4 N–H and O–H groups in total. The second kappa shape index (κ2) is 6.94. The van der Waals surface area contributed by atoms with Gasteiger partial charge in [0.05, 0.1) is 0 Å². The summed E-state index contributed by atoms with van der Waals surface area (Å²) in [4.78, 5) is 16.0. The molecular formula is C14H21N5O2. The van der Waals surface area contributed by atoms with E-state index in [1.165, 1.54) is 0 Å². The first kappa shape index (κ1) is 15.1. The van der Waals surface area contributed by atoms with E-state index in [0.29, 0.717) is 11.4 Å². The smallest absolute Gasteiger partial charge is 0.260 e. The van der Waals surface area contributed by atoms with E-state index in [9.17, 15) is 4.79 Å². The summed E-state index contributed by atoms with van der Waals surface area (Å²) in [6, 6.07) is 6.97. The Kier molecular flexibility index (Phi) is 4.99. The summed E-state index contributed by atoms with van der Waals surface area (Å²) in [7, 11) is 2.05. The number of hydrogen-bond acceptors (Lipinski definition) is 4. The van der Waals surface area contributed by atoms with Crippen molar-refractivity contribution in [2.24, 2.45) is 5.73 Å². The number of rotatable bonds is 4. The van der Waals surface area contributed by atoms with E-state index in [1.807, 2.05) is 4.90 Å². The molecule has 0 atom stereocenters. The minimum absolute atomic E-state index is 0.00837. The van der Waals surface area contributed by atoms with Crippen molar-refractivity contribution in [2.75, 3.05) is 45.2 Å². The van der Waals surface area contributed by atoms with Crippen LogP contribution in [0, 0.1) is 5.41 Å². The first-order chi connectivity index (χ1) is 10.0. The lowest BCUT2D eigenvalue weighted by Crippen LogP contribution is -2.48. The Hall–Kier alpha value is -2.28. The zero-order chi connectivity index (χ0) is 15.2. The molecule has 1 heterocycles. The minimum Gasteiger partial charge on any atom is -0.484 e. The van der Waals surface area contributed by atoms with Crippen molar-refractivity contribution in [3.8, 4) is 5.75 Å². The molecule has 1 saturated heterocycles. The fraction of sp³-hybridized carbons (Fsp3) is 0.429. The van der Waals surface area contributed by atoms with E-state index in [2.05, 4.69) is 17.3 Å². The highest BCUT2D eigenvalue weighted by Gasteiger charge is 2.19. The van der Waals surface area contributed by atoms with Crippen LogP contribution in [0.15, 0.2) is 24.3 Å². The van der Waals surface area contributed by atoms with Gasteiger partial charge in [-0.25, -0.2) is 0 Å². The van der Waals surface area contributed by atoms with Crippen LogP contribution in [0.5, 0.6) is 5.75 Å². The number of ether oxygens (including phenoxy) is 1. The number of likely N-dealkylation sites (N-methyl/N-ethyl adjacent to an activating group) is 1. The number of piperazine rings is 1. The maximum Gasteiger partial charge on any atom is 0.260 e. The average molecular weight is 291 g/mol. The van der Waals surface area contributed by atoms with Crippen molar-refractivity contribution in [2.45, 2.75) is 0 Å². The fourth-order valence-electron chi connectivity index (χ4n) is 2.08. The lowest BCUT2D eigenvalue weighted by Gasteiger charge is -2.32. The predicted octanol–water partition coefficient (Wildman–Crippen LogP) is 0.145. The third-order valence-corrected chi connectivity index (χ3v) is 3.35. The van der Waals surface area contributed by atoms with Gasteiger partial charge >= 0.3 is 0 Å². The fourth-order valence-corrected chi connectivity index (χ4v) is 2.08. The van der Waals surface area contributed by atoms with Gasteiger partial charge in [0.15, 0.2) is 12.6 Å². The van der Waals surface area contributed by atoms with Crippen LogP contribution in [0.1, 0.15) is 0 Å². The van der Waals surface area contributed by atoms with Crippen LogP contribution >= 0.6 is 0 Å². The van der Waals surface area contributed by atoms with Crippen LogP contribution in [0.2, 0.25) is 0 Å². The highest BCUT2D eigenvalue weighted by Crippen LogP contribution is 2.15. The molecule has 1 aliphatic heterocycles. The molecule has 2 rings (SSSR count). The molecule has 0 unspecified atom stereocenters. The van der Waals surface area contributed by atoms with E-state index in [0.717, 1.165) is 26.2 Å². The molecule has 1 aliphatic rings. The average Bonchev–Trinajstić information content (AvgIpc) is 2.46. The number of benzene rings is 1. The molecule has 7 heteroatoms. The van der Waals surface area contributed by atoms with Crippen molar-refractivity contribution >= 4 is 17.6 Å². The van der Waals surface area contributed by atoms with Gasteiger partial charge < -0.3 is 25.6 Å². The number of amides is 1. The molecule has 0 spiro atoms. The molecule has 7 nitrogen and oxygen atoms in total. The predicted molar refractivity (Wildman–Crippen MR) is 81.6 cm³/mol. The molecule has 21 heavy (non-hydrogen) atoms. The Labute approximate surface area is 124 Å². The van der Waals surface area contributed by atoms with Gasteiger partial charge in [-0.3, -0.25) is 10.2 Å². The van der Waals surface area contributed by atoms with Crippen LogP contribution in [0.25, 0.3) is 0 Å².